The Balaban J connectivity index is 2.14. The molecule has 17 heavy (non-hydrogen) atoms. The molecule has 0 radical (unpaired) electrons. The lowest BCUT2D eigenvalue weighted by molar-refractivity contribution is 0.615. The highest BCUT2D eigenvalue weighted by Crippen LogP contribution is 2.22. The van der Waals surface area contributed by atoms with Gasteiger partial charge in [-0.1, -0.05) is 36.8 Å². The fraction of sp³-hybridized carbons (Fsp3) is 0.333. The normalized spacial score (nSPS) is 12.2. The van der Waals surface area contributed by atoms with E-state index in [0.29, 0.717) is 0 Å². The highest BCUT2D eigenvalue weighted by Gasteiger charge is 2.02. The van der Waals surface area contributed by atoms with Gasteiger partial charge in [-0.2, -0.15) is 0 Å². The van der Waals surface area contributed by atoms with E-state index in [1.807, 2.05) is 24.5 Å². The fourth-order valence-corrected chi connectivity index (χ4v) is 1.89. The van der Waals surface area contributed by atoms with E-state index in [1.54, 1.807) is 0 Å². The number of rotatable bonds is 5. The third-order valence-corrected chi connectivity index (χ3v) is 2.74. The number of para-hydroxylation sites is 1. The van der Waals surface area contributed by atoms with E-state index in [4.69, 9.17) is 4.42 Å². The molecule has 2 rings (SSSR count). The largest absolute Gasteiger partial charge is 0.464 e. The van der Waals surface area contributed by atoms with Crippen LogP contribution in [0.4, 0.5) is 0 Å². The van der Waals surface area contributed by atoms with Crippen molar-refractivity contribution in [3.05, 3.63) is 41.7 Å². The molecule has 0 amide bonds. The zero-order valence-corrected chi connectivity index (χ0v) is 10.5. The minimum absolute atomic E-state index is 0.938. The summed E-state index contributed by atoms with van der Waals surface area (Å²) < 4.78 is 5.51. The van der Waals surface area contributed by atoms with Crippen LogP contribution in [0.5, 0.6) is 0 Å². The van der Waals surface area contributed by atoms with Crippen LogP contribution in [0.1, 0.15) is 25.8 Å². The lowest BCUT2D eigenvalue weighted by Crippen LogP contribution is -2.16. The average molecular weight is 229 g/mol. The molecule has 0 aliphatic rings. The third kappa shape index (κ3) is 2.98. The molecule has 0 atom stereocenters. The van der Waals surface area contributed by atoms with Crippen LogP contribution < -0.4 is 5.32 Å². The number of benzene rings is 1. The molecule has 0 aliphatic carbocycles. The van der Waals surface area contributed by atoms with Gasteiger partial charge in [0.25, 0.3) is 0 Å². The predicted octanol–water partition coefficient (Wildman–Crippen LogP) is 3.84. The summed E-state index contributed by atoms with van der Waals surface area (Å²) in [5, 5.41) is 4.58. The van der Waals surface area contributed by atoms with Gasteiger partial charge >= 0.3 is 0 Å². The Morgan fingerprint density at radius 2 is 2.18 bits per heavy atom. The van der Waals surface area contributed by atoms with Crippen LogP contribution in [-0.2, 0) is 0 Å². The van der Waals surface area contributed by atoms with Crippen molar-refractivity contribution in [2.45, 2.75) is 20.3 Å². The lowest BCUT2D eigenvalue weighted by Gasteiger charge is -2.02. The number of hydrogen-bond donors (Lipinski definition) is 1. The van der Waals surface area contributed by atoms with Crippen LogP contribution >= 0.6 is 0 Å². The maximum Gasteiger partial charge on any atom is 0.134 e. The van der Waals surface area contributed by atoms with Crippen LogP contribution in [-0.4, -0.2) is 13.1 Å². The Bertz CT molecular complexity index is 510. The van der Waals surface area contributed by atoms with Crippen molar-refractivity contribution in [1.29, 1.82) is 0 Å². The van der Waals surface area contributed by atoms with Crippen molar-refractivity contribution < 1.29 is 4.42 Å². The molecule has 2 nitrogen and oxygen atoms in total. The van der Waals surface area contributed by atoms with Crippen molar-refractivity contribution in [2.24, 2.45) is 0 Å². The van der Waals surface area contributed by atoms with E-state index in [1.165, 1.54) is 17.4 Å². The molecule has 1 N–H and O–H groups in total. The summed E-state index contributed by atoms with van der Waals surface area (Å²) in [5.74, 6) is 0. The van der Waals surface area contributed by atoms with Crippen molar-refractivity contribution in [2.75, 3.05) is 13.1 Å². The van der Waals surface area contributed by atoms with Gasteiger partial charge in [0, 0.05) is 17.5 Å². The molecule has 0 saturated carbocycles. The summed E-state index contributed by atoms with van der Waals surface area (Å²) in [4.78, 5) is 0. The molecule has 1 aromatic carbocycles. The van der Waals surface area contributed by atoms with E-state index in [-0.39, 0.29) is 0 Å². The van der Waals surface area contributed by atoms with Crippen molar-refractivity contribution in [3.8, 4) is 0 Å². The van der Waals surface area contributed by atoms with E-state index in [9.17, 15) is 0 Å². The summed E-state index contributed by atoms with van der Waals surface area (Å²) in [6.45, 7) is 6.32. The molecule has 0 unspecified atom stereocenters. The summed E-state index contributed by atoms with van der Waals surface area (Å²) in [6, 6.07) is 8.13. The van der Waals surface area contributed by atoms with E-state index < -0.39 is 0 Å². The van der Waals surface area contributed by atoms with Gasteiger partial charge in [-0.3, -0.25) is 0 Å². The average Bonchev–Trinajstić information content (AvgIpc) is 2.73. The fourth-order valence-electron chi connectivity index (χ4n) is 1.89. The van der Waals surface area contributed by atoms with Gasteiger partial charge in [-0.05, 0) is 26.0 Å². The van der Waals surface area contributed by atoms with Crippen molar-refractivity contribution in [1.82, 2.24) is 5.32 Å². The number of hydrogen-bond acceptors (Lipinski definition) is 2. The summed E-state index contributed by atoms with van der Waals surface area (Å²) >= 11 is 0. The molecule has 0 saturated heterocycles. The van der Waals surface area contributed by atoms with Gasteiger partial charge in [-0.15, -0.1) is 0 Å². The maximum atomic E-state index is 5.51. The van der Waals surface area contributed by atoms with E-state index >= 15 is 0 Å². The van der Waals surface area contributed by atoms with Gasteiger partial charge in [0.05, 0.1) is 6.26 Å². The van der Waals surface area contributed by atoms with Crippen LogP contribution in [0.3, 0.4) is 0 Å². The second kappa shape index (κ2) is 5.69. The first-order chi connectivity index (χ1) is 8.31. The molecule has 0 aliphatic heterocycles. The van der Waals surface area contributed by atoms with Gasteiger partial charge < -0.3 is 9.73 Å². The smallest absolute Gasteiger partial charge is 0.134 e. The standard InChI is InChI=1S/C15H19NO/c1-3-8-16-10-12(2)9-13-11-17-15-7-5-4-6-14(13)15/h4-7,9,11,16H,3,8,10H2,1-2H3/b12-9+. The molecular weight excluding hydrogens is 210 g/mol. The molecule has 90 valence electrons. The minimum Gasteiger partial charge on any atom is -0.464 e. The number of nitrogens with one attached hydrogen (secondary N) is 1. The minimum atomic E-state index is 0.938. The Morgan fingerprint density at radius 3 is 3.00 bits per heavy atom. The SMILES string of the molecule is CCCNC/C(C)=C/c1coc2ccccc12. The Morgan fingerprint density at radius 1 is 1.35 bits per heavy atom. The molecule has 0 bridgehead atoms. The molecule has 2 heteroatoms. The van der Waals surface area contributed by atoms with Gasteiger partial charge in [0.1, 0.15) is 5.58 Å². The van der Waals surface area contributed by atoms with Gasteiger partial charge in [-0.25, -0.2) is 0 Å². The second-order valence-corrected chi connectivity index (χ2v) is 4.35. The summed E-state index contributed by atoms with van der Waals surface area (Å²) in [7, 11) is 0. The molecular formula is C15H19NO. The van der Waals surface area contributed by atoms with Crippen molar-refractivity contribution >= 4 is 17.0 Å². The predicted molar refractivity (Wildman–Crippen MR) is 73.0 cm³/mol. The summed E-state index contributed by atoms with van der Waals surface area (Å²) in [5.41, 5.74) is 3.44. The lowest BCUT2D eigenvalue weighted by atomic mass is 10.1. The van der Waals surface area contributed by atoms with Gasteiger partial charge in [0.15, 0.2) is 0 Å². The number of fused-ring (bicyclic) bond motifs is 1. The molecule has 1 aromatic heterocycles. The van der Waals surface area contributed by atoms with Gasteiger partial charge in [0.2, 0.25) is 0 Å². The van der Waals surface area contributed by atoms with Crippen LogP contribution in [0.25, 0.3) is 17.0 Å². The van der Waals surface area contributed by atoms with Crippen LogP contribution in [0.2, 0.25) is 0 Å². The second-order valence-electron chi connectivity index (χ2n) is 4.35. The molecule has 2 aromatic rings. The van der Waals surface area contributed by atoms with E-state index in [0.717, 1.165) is 24.2 Å². The molecule has 0 fully saturated rings. The zero-order valence-electron chi connectivity index (χ0n) is 10.5. The zero-order chi connectivity index (χ0) is 12.1. The third-order valence-electron chi connectivity index (χ3n) is 2.74. The van der Waals surface area contributed by atoms with Crippen LogP contribution in [0.15, 0.2) is 40.5 Å². The highest BCUT2D eigenvalue weighted by atomic mass is 16.3. The maximum absolute atomic E-state index is 5.51. The first-order valence-corrected chi connectivity index (χ1v) is 6.15. The Hall–Kier alpha value is -1.54. The highest BCUT2D eigenvalue weighted by molar-refractivity contribution is 5.87. The Labute approximate surface area is 102 Å². The topological polar surface area (TPSA) is 25.2 Å². The van der Waals surface area contributed by atoms with Crippen LogP contribution in [0, 0.1) is 0 Å². The quantitative estimate of drug-likeness (QED) is 0.788. The Kier molecular flexibility index (Phi) is 3.99. The summed E-state index contributed by atoms with van der Waals surface area (Å²) in [6.07, 6.45) is 5.18. The first kappa shape index (κ1) is 11.9. The number of furan rings is 1. The van der Waals surface area contributed by atoms with Crippen molar-refractivity contribution in [3.63, 3.8) is 0 Å². The van der Waals surface area contributed by atoms with E-state index in [2.05, 4.69) is 31.3 Å². The molecule has 0 spiro atoms. The first-order valence-electron chi connectivity index (χ1n) is 6.15. The molecule has 1 heterocycles. The monoisotopic (exact) mass is 229 g/mol.